The molecule has 1 saturated heterocycles. The molecule has 8 nitrogen and oxygen atoms in total. The molecule has 0 radical (unpaired) electrons. The first-order valence-electron chi connectivity index (χ1n) is 13.2. The Labute approximate surface area is 218 Å². The van der Waals surface area contributed by atoms with Gasteiger partial charge in [-0.15, -0.1) is 0 Å². The zero-order valence-corrected chi connectivity index (χ0v) is 22.0. The predicted molar refractivity (Wildman–Crippen MR) is 142 cm³/mol. The Morgan fingerprint density at radius 3 is 2.57 bits per heavy atom. The lowest BCUT2D eigenvalue weighted by Crippen LogP contribution is -2.37. The SMILES string of the molecule is O=S(=O)(N1CCCC1)n1cc(CN(CCOCCNC2CCC2)Cc2cccnc2F)c2ccccc21. The summed E-state index contributed by atoms with van der Waals surface area (Å²) >= 11 is 0. The molecule has 10 heteroatoms. The maximum Gasteiger partial charge on any atom is 0.307 e. The van der Waals surface area contributed by atoms with Crippen molar-refractivity contribution in [2.24, 2.45) is 0 Å². The lowest BCUT2D eigenvalue weighted by atomic mass is 9.93. The summed E-state index contributed by atoms with van der Waals surface area (Å²) in [6.07, 6.45) is 8.72. The number of rotatable bonds is 13. The minimum Gasteiger partial charge on any atom is -0.379 e. The van der Waals surface area contributed by atoms with E-state index < -0.39 is 16.2 Å². The van der Waals surface area contributed by atoms with E-state index in [0.717, 1.165) is 30.3 Å². The lowest BCUT2D eigenvalue weighted by molar-refractivity contribution is 0.0964. The topological polar surface area (TPSA) is 79.7 Å². The van der Waals surface area contributed by atoms with Crippen LogP contribution in [-0.2, 0) is 28.0 Å². The van der Waals surface area contributed by atoms with Crippen LogP contribution in [0.3, 0.4) is 0 Å². The molecule has 1 aliphatic heterocycles. The molecule has 5 rings (SSSR count). The normalized spacial score (nSPS) is 17.1. The van der Waals surface area contributed by atoms with E-state index in [2.05, 4.69) is 15.2 Å². The molecule has 0 atom stereocenters. The van der Waals surface area contributed by atoms with E-state index in [1.807, 2.05) is 24.3 Å². The summed E-state index contributed by atoms with van der Waals surface area (Å²) in [5.41, 5.74) is 2.05. The molecule has 2 fully saturated rings. The van der Waals surface area contributed by atoms with Gasteiger partial charge in [0.05, 0.1) is 18.7 Å². The standard InChI is InChI=1S/C27H36FN5O3S/c28-27-22(7-6-12-30-27)19-31(16-18-36-17-13-29-24-8-5-9-24)20-23-21-33(26-11-2-1-10-25(23)26)37(34,35)32-14-3-4-15-32/h1-2,6-7,10-12,21,24,29H,3-5,8-9,13-20H2. The fourth-order valence-electron chi connectivity index (χ4n) is 5.05. The largest absolute Gasteiger partial charge is 0.379 e. The Bertz CT molecular complexity index is 1290. The Hall–Kier alpha value is -2.37. The van der Waals surface area contributed by atoms with Crippen LogP contribution in [0.4, 0.5) is 4.39 Å². The van der Waals surface area contributed by atoms with Crippen molar-refractivity contribution in [1.29, 1.82) is 0 Å². The maximum absolute atomic E-state index is 14.4. The number of para-hydroxylation sites is 1. The van der Waals surface area contributed by atoms with Crippen LogP contribution in [0.5, 0.6) is 0 Å². The summed E-state index contributed by atoms with van der Waals surface area (Å²) in [4.78, 5) is 5.89. The van der Waals surface area contributed by atoms with E-state index in [-0.39, 0.29) is 0 Å². The third kappa shape index (κ3) is 6.21. The van der Waals surface area contributed by atoms with Crippen LogP contribution in [0, 0.1) is 5.95 Å². The Kier molecular flexibility index (Phi) is 8.51. The van der Waals surface area contributed by atoms with Crippen molar-refractivity contribution in [3.63, 3.8) is 0 Å². The highest BCUT2D eigenvalue weighted by atomic mass is 32.2. The number of benzene rings is 1. The number of fused-ring (bicyclic) bond motifs is 1. The molecule has 1 saturated carbocycles. The summed E-state index contributed by atoms with van der Waals surface area (Å²) in [6, 6.07) is 11.7. The third-order valence-electron chi connectivity index (χ3n) is 7.36. The molecule has 0 bridgehead atoms. The van der Waals surface area contributed by atoms with Crippen LogP contribution in [0.2, 0.25) is 0 Å². The van der Waals surface area contributed by atoms with Gasteiger partial charge in [0.15, 0.2) is 0 Å². The van der Waals surface area contributed by atoms with Crippen molar-refractivity contribution >= 4 is 21.1 Å². The summed E-state index contributed by atoms with van der Waals surface area (Å²) in [5, 5.41) is 4.38. The summed E-state index contributed by atoms with van der Waals surface area (Å²) in [7, 11) is -3.65. The zero-order valence-electron chi connectivity index (χ0n) is 21.2. The van der Waals surface area contributed by atoms with Gasteiger partial charge in [-0.2, -0.15) is 17.1 Å². The highest BCUT2D eigenvalue weighted by Crippen LogP contribution is 2.27. The molecule has 2 aliphatic rings. The summed E-state index contributed by atoms with van der Waals surface area (Å²) < 4.78 is 50.1. The smallest absolute Gasteiger partial charge is 0.307 e. The van der Waals surface area contributed by atoms with Crippen LogP contribution in [0.1, 0.15) is 43.2 Å². The van der Waals surface area contributed by atoms with E-state index in [0.29, 0.717) is 63.1 Å². The second-order valence-corrected chi connectivity index (χ2v) is 11.7. The predicted octanol–water partition coefficient (Wildman–Crippen LogP) is 3.53. The number of halogens is 1. The van der Waals surface area contributed by atoms with Gasteiger partial charge in [-0.05, 0) is 43.4 Å². The first-order chi connectivity index (χ1) is 18.0. The molecule has 1 N–H and O–H groups in total. The number of aromatic nitrogens is 2. The molecule has 1 aromatic carbocycles. The highest BCUT2D eigenvalue weighted by molar-refractivity contribution is 7.87. The van der Waals surface area contributed by atoms with Gasteiger partial charge in [0.25, 0.3) is 0 Å². The molecule has 200 valence electrons. The van der Waals surface area contributed by atoms with Crippen LogP contribution in [-0.4, -0.2) is 72.0 Å². The molecule has 0 amide bonds. The van der Waals surface area contributed by atoms with Crippen molar-refractivity contribution in [3.8, 4) is 0 Å². The number of ether oxygens (including phenoxy) is 1. The highest BCUT2D eigenvalue weighted by Gasteiger charge is 2.29. The molecular formula is C27H36FN5O3S. The molecule has 0 spiro atoms. The quantitative estimate of drug-likeness (QED) is 0.270. The van der Waals surface area contributed by atoms with E-state index in [1.54, 1.807) is 22.6 Å². The molecule has 37 heavy (non-hydrogen) atoms. The van der Waals surface area contributed by atoms with Crippen LogP contribution >= 0.6 is 0 Å². The van der Waals surface area contributed by atoms with Crippen LogP contribution < -0.4 is 5.32 Å². The first kappa shape index (κ1) is 26.2. The molecular weight excluding hydrogens is 493 g/mol. The number of nitrogens with one attached hydrogen (secondary N) is 1. The van der Waals surface area contributed by atoms with Gasteiger partial charge in [0.1, 0.15) is 0 Å². The molecule has 3 heterocycles. The number of pyridine rings is 1. The second-order valence-electron chi connectivity index (χ2n) is 9.94. The van der Waals surface area contributed by atoms with E-state index >= 15 is 0 Å². The van der Waals surface area contributed by atoms with Crippen molar-refractivity contribution in [2.45, 2.75) is 51.2 Å². The van der Waals surface area contributed by atoms with Gasteiger partial charge in [-0.25, -0.2) is 8.96 Å². The average molecular weight is 530 g/mol. The van der Waals surface area contributed by atoms with E-state index in [1.165, 1.54) is 29.4 Å². The number of nitrogens with zero attached hydrogens (tertiary/aromatic N) is 4. The third-order valence-corrected chi connectivity index (χ3v) is 9.18. The van der Waals surface area contributed by atoms with Crippen LogP contribution in [0.15, 0.2) is 48.8 Å². The lowest BCUT2D eigenvalue weighted by Gasteiger charge is -2.26. The summed E-state index contributed by atoms with van der Waals surface area (Å²) in [6.45, 7) is 4.42. The van der Waals surface area contributed by atoms with Crippen molar-refractivity contribution in [1.82, 2.24) is 23.5 Å². The summed E-state index contributed by atoms with van der Waals surface area (Å²) in [5.74, 6) is -0.489. The molecule has 3 aromatic rings. The van der Waals surface area contributed by atoms with Gasteiger partial charge in [0.2, 0.25) is 5.95 Å². The van der Waals surface area contributed by atoms with E-state index in [4.69, 9.17) is 4.74 Å². The van der Waals surface area contributed by atoms with Gasteiger partial charge in [-0.1, -0.05) is 30.7 Å². The van der Waals surface area contributed by atoms with Crippen LogP contribution in [0.25, 0.3) is 10.9 Å². The van der Waals surface area contributed by atoms with Crippen molar-refractivity contribution < 1.29 is 17.5 Å². The molecule has 1 aliphatic carbocycles. The Morgan fingerprint density at radius 2 is 1.81 bits per heavy atom. The fraction of sp³-hybridized carbons (Fsp3) is 0.519. The number of hydrogen-bond donors (Lipinski definition) is 1. The van der Waals surface area contributed by atoms with Crippen molar-refractivity contribution in [2.75, 3.05) is 39.4 Å². The zero-order chi connectivity index (χ0) is 25.7. The number of hydrogen-bond acceptors (Lipinski definition) is 6. The first-order valence-corrected chi connectivity index (χ1v) is 14.6. The monoisotopic (exact) mass is 529 g/mol. The van der Waals surface area contributed by atoms with Gasteiger partial charge in [-0.3, -0.25) is 4.90 Å². The Balaban J connectivity index is 1.33. The van der Waals surface area contributed by atoms with E-state index in [9.17, 15) is 12.8 Å². The minimum atomic E-state index is -3.65. The van der Waals surface area contributed by atoms with Gasteiger partial charge >= 0.3 is 10.2 Å². The molecule has 0 unspecified atom stereocenters. The molecule has 2 aromatic heterocycles. The average Bonchev–Trinajstić information content (AvgIpc) is 3.53. The minimum absolute atomic E-state index is 0.349. The Morgan fingerprint density at radius 1 is 1.03 bits per heavy atom. The van der Waals surface area contributed by atoms with Crippen molar-refractivity contribution in [3.05, 3.63) is 65.9 Å². The van der Waals surface area contributed by atoms with Gasteiger partial charge < -0.3 is 10.1 Å². The maximum atomic E-state index is 14.4. The fourth-order valence-corrected chi connectivity index (χ4v) is 6.69. The van der Waals surface area contributed by atoms with Gasteiger partial charge in [0, 0.05) is 68.7 Å². The second kappa shape index (κ2) is 12.0.